The number of hydrazine groups is 2. The number of likely N-dealkylation sites (N-methyl/N-ethyl adjacent to an activating group) is 1. The smallest absolute Gasteiger partial charge is 0.265 e. The predicted molar refractivity (Wildman–Crippen MR) is 201 cm³/mol. The van der Waals surface area contributed by atoms with E-state index in [1.165, 1.54) is 11.8 Å². The molecular weight excluding hydrogens is 646 g/mol. The molecule has 1 atom stereocenters. The van der Waals surface area contributed by atoms with Gasteiger partial charge in [-0.25, -0.2) is 15.5 Å². The molecule has 6 N–H and O–H groups in total. The summed E-state index contributed by atoms with van der Waals surface area (Å²) in [5, 5.41) is 23.3. The number of nitrogens with zero attached hydrogens (tertiary/aromatic N) is 5. The molecule has 11 heteroatoms. The zero-order chi connectivity index (χ0) is 34.7. The SMILES string of the molecule is C=CN(C)/C(=C\N)C(O)(c1ccc(CNC2CCN(Cc3ccccc3)CC2)cc1)c1ccc2c(c1)C(c1cccc(Cl)c1)=NC1=NNNN12. The predicted octanol–water partition coefficient (Wildman–Crippen LogP) is 5.16. The molecule has 0 aromatic heterocycles. The number of likely N-dealkylation sites (tertiary alicyclic amines) is 1. The maximum Gasteiger partial charge on any atom is 0.265 e. The molecule has 0 saturated carbocycles. The molecular formula is C39H42ClN9O. The van der Waals surface area contributed by atoms with Crippen molar-refractivity contribution >= 4 is 29.0 Å². The highest BCUT2D eigenvalue weighted by atomic mass is 35.5. The highest BCUT2D eigenvalue weighted by Gasteiger charge is 2.40. The van der Waals surface area contributed by atoms with Gasteiger partial charge in [0.15, 0.2) is 5.60 Å². The zero-order valence-electron chi connectivity index (χ0n) is 28.1. The second-order valence-corrected chi connectivity index (χ2v) is 13.3. The summed E-state index contributed by atoms with van der Waals surface area (Å²) in [7, 11) is 1.82. The van der Waals surface area contributed by atoms with Crippen LogP contribution >= 0.6 is 11.6 Å². The number of nitrogens with one attached hydrogen (secondary N) is 3. The van der Waals surface area contributed by atoms with Gasteiger partial charge < -0.3 is 21.1 Å². The standard InChI is InChI=1S/C39H42ClN9O/c1-3-47(2)36(24-41)39(50,30-14-12-27(13-15-30)25-42-33-18-20-48(21-19-33)26-28-8-5-4-6-9-28)31-16-17-35-34(23-31)37(29-10-7-11-32(40)22-29)43-38-44-45-46-49(35)38/h3-17,22-24,33,42,45-46,50H,1,18-21,25-26,41H2,2H3/b36-24-. The van der Waals surface area contributed by atoms with Crippen molar-refractivity contribution in [3.8, 4) is 0 Å². The fourth-order valence-corrected chi connectivity index (χ4v) is 7.14. The quantitative estimate of drug-likeness (QED) is 0.147. The summed E-state index contributed by atoms with van der Waals surface area (Å²) in [6, 6.07) is 32.5. The number of hydrogen-bond donors (Lipinski definition) is 5. The van der Waals surface area contributed by atoms with Gasteiger partial charge in [0.1, 0.15) is 0 Å². The van der Waals surface area contributed by atoms with Crippen molar-refractivity contribution in [2.75, 3.05) is 25.1 Å². The molecule has 3 heterocycles. The lowest BCUT2D eigenvalue weighted by Gasteiger charge is -2.37. The molecule has 1 fully saturated rings. The van der Waals surface area contributed by atoms with E-state index in [1.807, 2.05) is 61.6 Å². The van der Waals surface area contributed by atoms with E-state index in [-0.39, 0.29) is 0 Å². The molecule has 0 spiro atoms. The minimum absolute atomic E-state index is 0.459. The molecule has 256 valence electrons. The molecule has 1 saturated heterocycles. The summed E-state index contributed by atoms with van der Waals surface area (Å²) in [5.74, 6) is 0.464. The number of hydrogen-bond acceptors (Lipinski definition) is 10. The lowest BCUT2D eigenvalue weighted by atomic mass is 9.81. The van der Waals surface area contributed by atoms with Crippen LogP contribution in [0.2, 0.25) is 5.02 Å². The summed E-state index contributed by atoms with van der Waals surface area (Å²) in [6.07, 6.45) is 5.28. The summed E-state index contributed by atoms with van der Waals surface area (Å²) in [6.45, 7) is 7.84. The van der Waals surface area contributed by atoms with Gasteiger partial charge in [-0.2, -0.15) is 0 Å². The van der Waals surface area contributed by atoms with Crippen LogP contribution in [0, 0.1) is 0 Å². The first kappa shape index (κ1) is 33.5. The minimum atomic E-state index is -1.63. The van der Waals surface area contributed by atoms with Gasteiger partial charge in [-0.15, -0.1) is 10.6 Å². The van der Waals surface area contributed by atoms with Crippen molar-refractivity contribution in [2.45, 2.75) is 37.6 Å². The number of anilines is 1. The molecule has 10 nitrogen and oxygen atoms in total. The Balaban J connectivity index is 1.15. The monoisotopic (exact) mass is 687 g/mol. The lowest BCUT2D eigenvalue weighted by Crippen LogP contribution is -2.44. The Bertz CT molecular complexity index is 1940. The van der Waals surface area contributed by atoms with E-state index in [4.69, 9.17) is 22.3 Å². The Kier molecular flexibility index (Phi) is 9.71. The van der Waals surface area contributed by atoms with E-state index >= 15 is 0 Å². The molecule has 50 heavy (non-hydrogen) atoms. The minimum Gasteiger partial charge on any atom is -0.403 e. The number of hydrazone groups is 1. The van der Waals surface area contributed by atoms with Crippen molar-refractivity contribution in [3.63, 3.8) is 0 Å². The number of guanidine groups is 1. The Hall–Kier alpha value is -4.97. The van der Waals surface area contributed by atoms with Crippen molar-refractivity contribution in [1.29, 1.82) is 0 Å². The maximum absolute atomic E-state index is 12.9. The summed E-state index contributed by atoms with van der Waals surface area (Å²) >= 11 is 6.41. The van der Waals surface area contributed by atoms with Crippen LogP contribution in [0.5, 0.6) is 0 Å². The Morgan fingerprint density at radius 2 is 1.78 bits per heavy atom. The highest BCUT2D eigenvalue weighted by Crippen LogP contribution is 2.41. The van der Waals surface area contributed by atoms with Gasteiger partial charge in [0.25, 0.3) is 5.96 Å². The molecule has 0 bridgehead atoms. The summed E-state index contributed by atoms with van der Waals surface area (Å²) in [5.41, 5.74) is 17.8. The molecule has 0 radical (unpaired) electrons. The van der Waals surface area contributed by atoms with Crippen LogP contribution in [0.4, 0.5) is 5.69 Å². The highest BCUT2D eigenvalue weighted by molar-refractivity contribution is 6.32. The summed E-state index contributed by atoms with van der Waals surface area (Å²) in [4.78, 5) is 9.12. The Morgan fingerprint density at radius 3 is 2.50 bits per heavy atom. The second-order valence-electron chi connectivity index (χ2n) is 12.8. The van der Waals surface area contributed by atoms with E-state index in [1.54, 1.807) is 16.1 Å². The molecule has 0 amide bonds. The molecule has 0 aliphatic carbocycles. The number of piperidine rings is 1. The third-order valence-electron chi connectivity index (χ3n) is 9.72. The largest absolute Gasteiger partial charge is 0.403 e. The van der Waals surface area contributed by atoms with Crippen LogP contribution in [0.15, 0.2) is 132 Å². The lowest BCUT2D eigenvalue weighted by molar-refractivity contribution is 0.0967. The van der Waals surface area contributed by atoms with Crippen LogP contribution in [-0.2, 0) is 18.7 Å². The van der Waals surface area contributed by atoms with Crippen LogP contribution in [0.25, 0.3) is 0 Å². The van der Waals surface area contributed by atoms with Crippen LogP contribution in [0.3, 0.4) is 0 Å². The van der Waals surface area contributed by atoms with Gasteiger partial charge in [0, 0.05) is 48.5 Å². The number of benzene rings is 4. The number of rotatable bonds is 11. The van der Waals surface area contributed by atoms with Gasteiger partial charge in [-0.3, -0.25) is 4.90 Å². The van der Waals surface area contributed by atoms with Gasteiger partial charge >= 0.3 is 0 Å². The molecule has 3 aliphatic heterocycles. The van der Waals surface area contributed by atoms with Gasteiger partial charge in [0.2, 0.25) is 0 Å². The van der Waals surface area contributed by atoms with Crippen LogP contribution < -0.4 is 27.1 Å². The van der Waals surface area contributed by atoms with Crippen LogP contribution in [0.1, 0.15) is 46.2 Å². The molecule has 3 aliphatic rings. The first-order chi connectivity index (χ1) is 24.4. The van der Waals surface area contributed by atoms with Crippen molar-refractivity contribution in [3.05, 3.63) is 160 Å². The third-order valence-corrected chi connectivity index (χ3v) is 9.96. The Morgan fingerprint density at radius 1 is 1.02 bits per heavy atom. The second kappa shape index (κ2) is 14.5. The number of aliphatic hydroxyl groups is 1. The average molecular weight is 688 g/mol. The van der Waals surface area contributed by atoms with Gasteiger partial charge in [-0.05, 0) is 78.7 Å². The van der Waals surface area contributed by atoms with Crippen molar-refractivity contribution in [2.24, 2.45) is 15.8 Å². The number of aliphatic imine (C=N–C) groups is 1. The molecule has 4 aromatic rings. The maximum atomic E-state index is 12.9. The van der Waals surface area contributed by atoms with Crippen molar-refractivity contribution < 1.29 is 5.11 Å². The zero-order valence-corrected chi connectivity index (χ0v) is 28.8. The van der Waals surface area contributed by atoms with Gasteiger partial charge in [0.05, 0.1) is 17.1 Å². The fraction of sp³-hybridized carbons (Fsp3) is 0.231. The molecule has 4 aromatic carbocycles. The van der Waals surface area contributed by atoms with E-state index < -0.39 is 5.60 Å². The summed E-state index contributed by atoms with van der Waals surface area (Å²) < 4.78 is 0. The van der Waals surface area contributed by atoms with E-state index in [0.29, 0.717) is 39.6 Å². The van der Waals surface area contributed by atoms with Crippen LogP contribution in [-0.4, -0.2) is 52.8 Å². The van der Waals surface area contributed by atoms with E-state index in [2.05, 4.69) is 75.4 Å². The topological polar surface area (TPSA) is 117 Å². The first-order valence-electron chi connectivity index (χ1n) is 16.8. The van der Waals surface area contributed by atoms with E-state index in [9.17, 15) is 5.11 Å². The third kappa shape index (κ3) is 6.64. The first-order valence-corrected chi connectivity index (χ1v) is 17.2. The number of fused-ring (bicyclic) bond motifs is 3. The normalized spacial score (nSPS) is 17.6. The average Bonchev–Trinajstić information content (AvgIpc) is 3.64. The van der Waals surface area contributed by atoms with Gasteiger partial charge in [-0.1, -0.05) is 91.0 Å². The van der Waals surface area contributed by atoms with Crippen molar-refractivity contribution in [1.82, 2.24) is 26.2 Å². The fourth-order valence-electron chi connectivity index (χ4n) is 6.95. The number of nitrogens with two attached hydrogens (primary N) is 1. The Labute approximate surface area is 298 Å². The number of halogens is 1. The molecule has 7 rings (SSSR count). The van der Waals surface area contributed by atoms with E-state index in [0.717, 1.165) is 61.4 Å². The molecule has 1 unspecified atom stereocenters.